The second-order valence-electron chi connectivity index (χ2n) is 4.31. The van der Waals surface area contributed by atoms with Crippen molar-refractivity contribution in [1.29, 1.82) is 0 Å². The lowest BCUT2D eigenvalue weighted by Gasteiger charge is -2.10. The lowest BCUT2D eigenvalue weighted by Crippen LogP contribution is -2.17. The Kier molecular flexibility index (Phi) is 3.95. The average molecular weight is 277 g/mol. The number of halogens is 2. The molecule has 0 unspecified atom stereocenters. The van der Waals surface area contributed by atoms with E-state index < -0.39 is 17.5 Å². The van der Waals surface area contributed by atoms with Crippen LogP contribution in [0.3, 0.4) is 0 Å². The predicted molar refractivity (Wildman–Crippen MR) is 73.3 cm³/mol. The minimum Gasteiger partial charge on any atom is -0.323 e. The standard InChI is InChI=1S/C14H13F2N3O/c1-8-2-3-12(13(4-8)19-17)14(20)18-11-6-9(15)5-10(16)7-11/h2-7,19H,17H2,1H3,(H,18,20). The highest BCUT2D eigenvalue weighted by Gasteiger charge is 2.12. The molecule has 0 aliphatic heterocycles. The molecule has 104 valence electrons. The molecule has 0 spiro atoms. The van der Waals surface area contributed by atoms with Crippen molar-refractivity contribution < 1.29 is 13.6 Å². The number of nitrogens with two attached hydrogens (primary N) is 1. The van der Waals surface area contributed by atoms with Crippen LogP contribution < -0.4 is 16.6 Å². The molecule has 0 heterocycles. The van der Waals surface area contributed by atoms with E-state index >= 15 is 0 Å². The molecule has 0 radical (unpaired) electrons. The summed E-state index contributed by atoms with van der Waals surface area (Å²) >= 11 is 0. The fraction of sp³-hybridized carbons (Fsp3) is 0.0714. The number of nitrogen functional groups attached to an aromatic ring is 1. The Morgan fingerprint density at radius 1 is 1.10 bits per heavy atom. The molecule has 1 amide bonds. The number of aryl methyl sites for hydroxylation is 1. The van der Waals surface area contributed by atoms with E-state index in [0.717, 1.165) is 23.8 Å². The van der Waals surface area contributed by atoms with Gasteiger partial charge >= 0.3 is 0 Å². The summed E-state index contributed by atoms with van der Waals surface area (Å²) in [6.07, 6.45) is 0. The molecule has 20 heavy (non-hydrogen) atoms. The number of rotatable bonds is 3. The van der Waals surface area contributed by atoms with Crippen molar-refractivity contribution in [1.82, 2.24) is 0 Å². The third-order valence-electron chi connectivity index (χ3n) is 2.70. The first kappa shape index (κ1) is 14.0. The quantitative estimate of drug-likeness (QED) is 0.597. The maximum atomic E-state index is 13.1. The Hall–Kier alpha value is -2.47. The van der Waals surface area contributed by atoms with Gasteiger partial charge in [-0.15, -0.1) is 0 Å². The number of carbonyl (C=O) groups excluding carboxylic acids is 1. The van der Waals surface area contributed by atoms with E-state index in [-0.39, 0.29) is 11.3 Å². The van der Waals surface area contributed by atoms with Gasteiger partial charge in [-0.05, 0) is 36.8 Å². The number of amides is 1. The number of hydrogen-bond acceptors (Lipinski definition) is 3. The third-order valence-corrected chi connectivity index (χ3v) is 2.70. The van der Waals surface area contributed by atoms with Gasteiger partial charge in [-0.25, -0.2) is 8.78 Å². The molecule has 2 aromatic carbocycles. The van der Waals surface area contributed by atoms with Gasteiger partial charge in [-0.2, -0.15) is 0 Å². The molecule has 0 aliphatic carbocycles. The van der Waals surface area contributed by atoms with Crippen LogP contribution in [0.2, 0.25) is 0 Å². The zero-order chi connectivity index (χ0) is 14.7. The van der Waals surface area contributed by atoms with E-state index in [4.69, 9.17) is 5.84 Å². The van der Waals surface area contributed by atoms with E-state index in [9.17, 15) is 13.6 Å². The van der Waals surface area contributed by atoms with Gasteiger partial charge in [0, 0.05) is 11.8 Å². The van der Waals surface area contributed by atoms with Gasteiger partial charge in [0.15, 0.2) is 0 Å². The summed E-state index contributed by atoms with van der Waals surface area (Å²) in [5, 5.41) is 2.42. The molecule has 0 atom stereocenters. The lowest BCUT2D eigenvalue weighted by molar-refractivity contribution is 0.102. The van der Waals surface area contributed by atoms with Crippen molar-refractivity contribution in [2.75, 3.05) is 10.7 Å². The Morgan fingerprint density at radius 3 is 2.35 bits per heavy atom. The monoisotopic (exact) mass is 277 g/mol. The van der Waals surface area contributed by atoms with E-state index in [2.05, 4.69) is 10.7 Å². The maximum absolute atomic E-state index is 13.1. The van der Waals surface area contributed by atoms with Crippen LogP contribution in [0.1, 0.15) is 15.9 Å². The van der Waals surface area contributed by atoms with Gasteiger partial charge in [0.05, 0.1) is 11.3 Å². The summed E-state index contributed by atoms with van der Waals surface area (Å²) in [6, 6.07) is 7.81. The predicted octanol–water partition coefficient (Wildman–Crippen LogP) is 2.81. The normalized spacial score (nSPS) is 10.2. The molecular weight excluding hydrogens is 264 g/mol. The van der Waals surface area contributed by atoms with Crippen LogP contribution in [-0.4, -0.2) is 5.91 Å². The van der Waals surface area contributed by atoms with Gasteiger partial charge in [-0.1, -0.05) is 6.07 Å². The van der Waals surface area contributed by atoms with Crippen LogP contribution in [0, 0.1) is 18.6 Å². The van der Waals surface area contributed by atoms with Crippen LogP contribution in [0.5, 0.6) is 0 Å². The fourth-order valence-electron chi connectivity index (χ4n) is 1.80. The molecule has 0 aromatic heterocycles. The van der Waals surface area contributed by atoms with Crippen LogP contribution >= 0.6 is 0 Å². The second-order valence-corrected chi connectivity index (χ2v) is 4.31. The maximum Gasteiger partial charge on any atom is 0.257 e. The first-order valence-corrected chi connectivity index (χ1v) is 5.84. The fourth-order valence-corrected chi connectivity index (χ4v) is 1.80. The molecular formula is C14H13F2N3O. The van der Waals surface area contributed by atoms with E-state index in [0.29, 0.717) is 5.69 Å². The van der Waals surface area contributed by atoms with E-state index in [1.54, 1.807) is 18.2 Å². The van der Waals surface area contributed by atoms with E-state index in [1.165, 1.54) is 0 Å². The summed E-state index contributed by atoms with van der Waals surface area (Å²) in [6.45, 7) is 1.85. The van der Waals surface area contributed by atoms with Crippen LogP contribution in [0.25, 0.3) is 0 Å². The Labute approximate surface area is 114 Å². The zero-order valence-corrected chi connectivity index (χ0v) is 10.7. The van der Waals surface area contributed by atoms with Crippen LogP contribution in [0.15, 0.2) is 36.4 Å². The van der Waals surface area contributed by atoms with Crippen LogP contribution in [0.4, 0.5) is 20.2 Å². The summed E-state index contributed by atoms with van der Waals surface area (Å²) in [5.41, 5.74) is 4.09. The summed E-state index contributed by atoms with van der Waals surface area (Å²) in [4.78, 5) is 12.1. The first-order chi connectivity index (χ1) is 9.49. The van der Waals surface area contributed by atoms with Crippen molar-refractivity contribution in [2.45, 2.75) is 6.92 Å². The van der Waals surface area contributed by atoms with Gasteiger partial charge < -0.3 is 10.7 Å². The zero-order valence-electron chi connectivity index (χ0n) is 10.7. The van der Waals surface area contributed by atoms with Gasteiger partial charge in [0.2, 0.25) is 0 Å². The molecule has 4 N–H and O–H groups in total. The van der Waals surface area contributed by atoms with E-state index in [1.807, 2.05) is 6.92 Å². The topological polar surface area (TPSA) is 67.2 Å². The molecule has 0 saturated carbocycles. The number of carbonyl (C=O) groups is 1. The molecule has 0 fully saturated rings. The summed E-state index contributed by atoms with van der Waals surface area (Å²) in [7, 11) is 0. The number of nitrogens with one attached hydrogen (secondary N) is 2. The highest BCUT2D eigenvalue weighted by Crippen LogP contribution is 2.19. The van der Waals surface area contributed by atoms with Crippen molar-refractivity contribution in [3.05, 3.63) is 59.2 Å². The first-order valence-electron chi connectivity index (χ1n) is 5.84. The van der Waals surface area contributed by atoms with Crippen molar-refractivity contribution in [3.63, 3.8) is 0 Å². The van der Waals surface area contributed by atoms with Crippen molar-refractivity contribution in [2.24, 2.45) is 5.84 Å². The number of anilines is 2. The molecule has 2 aromatic rings. The Balaban J connectivity index is 2.28. The molecule has 2 rings (SSSR count). The largest absolute Gasteiger partial charge is 0.323 e. The highest BCUT2D eigenvalue weighted by molar-refractivity contribution is 6.08. The van der Waals surface area contributed by atoms with Gasteiger partial charge in [-0.3, -0.25) is 10.6 Å². The summed E-state index contributed by atoms with van der Waals surface area (Å²) < 4.78 is 26.1. The number of hydrazine groups is 1. The van der Waals surface area contributed by atoms with Crippen molar-refractivity contribution >= 4 is 17.3 Å². The van der Waals surface area contributed by atoms with Gasteiger partial charge in [0.1, 0.15) is 11.6 Å². The smallest absolute Gasteiger partial charge is 0.257 e. The van der Waals surface area contributed by atoms with Crippen molar-refractivity contribution in [3.8, 4) is 0 Å². The Morgan fingerprint density at radius 2 is 1.75 bits per heavy atom. The second kappa shape index (κ2) is 5.66. The number of benzene rings is 2. The minimum atomic E-state index is -0.763. The van der Waals surface area contributed by atoms with Gasteiger partial charge in [0.25, 0.3) is 5.91 Å². The molecule has 0 aliphatic rings. The average Bonchev–Trinajstić information content (AvgIpc) is 2.37. The lowest BCUT2D eigenvalue weighted by atomic mass is 10.1. The SMILES string of the molecule is Cc1ccc(C(=O)Nc2cc(F)cc(F)c2)c(NN)c1. The molecule has 4 nitrogen and oxygen atoms in total. The summed E-state index contributed by atoms with van der Waals surface area (Å²) in [5.74, 6) is 3.31. The van der Waals surface area contributed by atoms with Crippen LogP contribution in [-0.2, 0) is 0 Å². The number of hydrogen-bond donors (Lipinski definition) is 3. The minimum absolute atomic E-state index is 0.0380. The molecule has 0 saturated heterocycles. The Bertz CT molecular complexity index is 639. The molecule has 0 bridgehead atoms. The molecule has 6 heteroatoms. The highest BCUT2D eigenvalue weighted by atomic mass is 19.1. The third kappa shape index (κ3) is 3.10.